The lowest BCUT2D eigenvalue weighted by atomic mass is 9.91. The van der Waals surface area contributed by atoms with Crippen molar-refractivity contribution in [3.05, 3.63) is 35.4 Å². The third-order valence-electron chi connectivity index (χ3n) is 7.14. The molecule has 3 saturated heterocycles. The minimum Gasteiger partial charge on any atom is -0.379 e. The first kappa shape index (κ1) is 24.0. The number of amides is 2. The van der Waals surface area contributed by atoms with Gasteiger partial charge in [0.1, 0.15) is 0 Å². The first-order valence-electron chi connectivity index (χ1n) is 11.9. The van der Waals surface area contributed by atoms with Gasteiger partial charge in [-0.3, -0.25) is 14.5 Å². The van der Waals surface area contributed by atoms with Crippen LogP contribution in [0.2, 0.25) is 0 Å². The molecule has 2 amide bonds. The van der Waals surface area contributed by atoms with Crippen molar-refractivity contribution in [2.75, 3.05) is 59.0 Å². The van der Waals surface area contributed by atoms with Crippen LogP contribution in [0.3, 0.4) is 0 Å². The summed E-state index contributed by atoms with van der Waals surface area (Å²) in [6, 6.07) is 4.32. The highest BCUT2D eigenvalue weighted by atomic mass is 19.4. The van der Waals surface area contributed by atoms with E-state index in [0.717, 1.165) is 70.9 Å². The van der Waals surface area contributed by atoms with E-state index >= 15 is 0 Å². The predicted octanol–water partition coefficient (Wildman–Crippen LogP) is 3.13. The molecule has 0 spiro atoms. The van der Waals surface area contributed by atoms with Gasteiger partial charge in [-0.25, -0.2) is 0 Å². The zero-order valence-corrected chi connectivity index (χ0v) is 18.9. The van der Waals surface area contributed by atoms with Gasteiger partial charge in [-0.1, -0.05) is 0 Å². The first-order valence-corrected chi connectivity index (χ1v) is 11.9. The summed E-state index contributed by atoms with van der Waals surface area (Å²) in [5.74, 6) is 0.438. The predicted molar refractivity (Wildman–Crippen MR) is 117 cm³/mol. The molecule has 0 saturated carbocycles. The van der Waals surface area contributed by atoms with Gasteiger partial charge in [-0.15, -0.1) is 0 Å². The number of piperidine rings is 2. The fourth-order valence-corrected chi connectivity index (χ4v) is 5.06. The normalized spacial score (nSPS) is 21.9. The molecule has 0 atom stereocenters. The van der Waals surface area contributed by atoms with E-state index in [1.54, 1.807) is 4.90 Å². The van der Waals surface area contributed by atoms with Crippen LogP contribution in [-0.2, 0) is 15.7 Å². The first-order chi connectivity index (χ1) is 15.8. The summed E-state index contributed by atoms with van der Waals surface area (Å²) in [6.45, 7) is 7.14. The molecular formula is C24H32F3N3O3. The van der Waals surface area contributed by atoms with Crippen molar-refractivity contribution >= 4 is 11.8 Å². The van der Waals surface area contributed by atoms with Crippen molar-refractivity contribution in [2.45, 2.75) is 31.9 Å². The summed E-state index contributed by atoms with van der Waals surface area (Å²) in [6.07, 6.45) is -1.18. The Bertz CT molecular complexity index is 808. The van der Waals surface area contributed by atoms with E-state index in [-0.39, 0.29) is 23.3 Å². The van der Waals surface area contributed by atoms with Crippen LogP contribution in [0.1, 0.15) is 41.6 Å². The number of hydrogen-bond acceptors (Lipinski definition) is 4. The highest BCUT2D eigenvalue weighted by molar-refractivity contribution is 5.94. The van der Waals surface area contributed by atoms with E-state index in [1.165, 1.54) is 12.1 Å². The molecule has 0 bridgehead atoms. The fraction of sp³-hybridized carbons (Fsp3) is 0.667. The fourth-order valence-electron chi connectivity index (χ4n) is 5.06. The quantitative estimate of drug-likeness (QED) is 0.683. The molecule has 0 unspecified atom stereocenters. The van der Waals surface area contributed by atoms with E-state index in [9.17, 15) is 22.8 Å². The molecule has 33 heavy (non-hydrogen) atoms. The maximum atomic E-state index is 13.0. The smallest absolute Gasteiger partial charge is 0.379 e. The number of alkyl halides is 3. The van der Waals surface area contributed by atoms with Gasteiger partial charge >= 0.3 is 6.18 Å². The van der Waals surface area contributed by atoms with Crippen LogP contribution in [0.15, 0.2) is 24.3 Å². The third-order valence-corrected chi connectivity index (χ3v) is 7.14. The van der Waals surface area contributed by atoms with Gasteiger partial charge in [0.15, 0.2) is 0 Å². The highest BCUT2D eigenvalue weighted by Crippen LogP contribution is 2.30. The van der Waals surface area contributed by atoms with Gasteiger partial charge in [0.25, 0.3) is 5.91 Å². The minimum atomic E-state index is -4.42. The summed E-state index contributed by atoms with van der Waals surface area (Å²) >= 11 is 0. The van der Waals surface area contributed by atoms with Gasteiger partial charge < -0.3 is 14.5 Å². The lowest BCUT2D eigenvalue weighted by molar-refractivity contribution is -0.138. The monoisotopic (exact) mass is 467 g/mol. The molecule has 0 radical (unpaired) electrons. The molecule has 0 aromatic heterocycles. The zero-order valence-electron chi connectivity index (χ0n) is 18.9. The van der Waals surface area contributed by atoms with E-state index in [4.69, 9.17) is 4.74 Å². The average Bonchev–Trinajstić information content (AvgIpc) is 2.84. The summed E-state index contributed by atoms with van der Waals surface area (Å²) in [7, 11) is 0. The van der Waals surface area contributed by atoms with E-state index in [0.29, 0.717) is 31.8 Å². The molecule has 0 aliphatic carbocycles. The second-order valence-corrected chi connectivity index (χ2v) is 9.32. The van der Waals surface area contributed by atoms with Crippen LogP contribution in [0.5, 0.6) is 0 Å². The summed E-state index contributed by atoms with van der Waals surface area (Å²) in [4.78, 5) is 31.8. The van der Waals surface area contributed by atoms with Crippen molar-refractivity contribution in [3.8, 4) is 0 Å². The van der Waals surface area contributed by atoms with Crippen LogP contribution in [-0.4, -0.2) is 85.5 Å². The van der Waals surface area contributed by atoms with E-state index in [1.807, 2.05) is 4.90 Å². The Balaban J connectivity index is 1.22. The maximum absolute atomic E-state index is 13.0. The van der Waals surface area contributed by atoms with Crippen LogP contribution < -0.4 is 0 Å². The molecule has 3 aliphatic rings. The average molecular weight is 468 g/mol. The molecular weight excluding hydrogens is 435 g/mol. The van der Waals surface area contributed by atoms with Crippen LogP contribution in [0, 0.1) is 11.8 Å². The standard InChI is InChI=1S/C24H32F3N3O3/c25-24(26,27)21-3-1-19(2-4-21)22(31)30-11-7-20(8-12-30)23(32)29-9-5-18(6-10-29)17-28-13-15-33-16-14-28/h1-4,18,20H,5-17H2. The Morgan fingerprint density at radius 1 is 0.848 bits per heavy atom. The van der Waals surface area contributed by atoms with Crippen LogP contribution in [0.4, 0.5) is 13.2 Å². The highest BCUT2D eigenvalue weighted by Gasteiger charge is 2.33. The molecule has 3 heterocycles. The molecule has 4 rings (SSSR count). The number of ether oxygens (including phenoxy) is 1. The Morgan fingerprint density at radius 3 is 2.00 bits per heavy atom. The topological polar surface area (TPSA) is 53.1 Å². The number of carbonyl (C=O) groups is 2. The second-order valence-electron chi connectivity index (χ2n) is 9.32. The summed E-state index contributed by atoms with van der Waals surface area (Å²) in [5, 5.41) is 0. The second kappa shape index (κ2) is 10.4. The number of likely N-dealkylation sites (tertiary alicyclic amines) is 2. The molecule has 1 aromatic carbocycles. The molecule has 6 nitrogen and oxygen atoms in total. The third kappa shape index (κ3) is 6.06. The molecule has 3 fully saturated rings. The van der Waals surface area contributed by atoms with Gasteiger partial charge in [0, 0.05) is 57.3 Å². The lowest BCUT2D eigenvalue weighted by Gasteiger charge is -2.39. The van der Waals surface area contributed by atoms with Crippen molar-refractivity contribution in [3.63, 3.8) is 0 Å². The number of benzene rings is 1. The molecule has 1 aromatic rings. The van der Waals surface area contributed by atoms with Gasteiger partial charge in [0.05, 0.1) is 18.8 Å². The van der Waals surface area contributed by atoms with Crippen molar-refractivity contribution < 1.29 is 27.5 Å². The largest absolute Gasteiger partial charge is 0.416 e. The minimum absolute atomic E-state index is 0.0857. The van der Waals surface area contributed by atoms with Gasteiger partial charge in [0.2, 0.25) is 5.91 Å². The number of rotatable bonds is 4. The van der Waals surface area contributed by atoms with Crippen LogP contribution >= 0.6 is 0 Å². The van der Waals surface area contributed by atoms with Crippen LogP contribution in [0.25, 0.3) is 0 Å². The van der Waals surface area contributed by atoms with E-state index < -0.39 is 11.7 Å². The van der Waals surface area contributed by atoms with Gasteiger partial charge in [-0.05, 0) is 55.9 Å². The number of carbonyl (C=O) groups excluding carboxylic acids is 2. The van der Waals surface area contributed by atoms with Crippen molar-refractivity contribution in [2.24, 2.45) is 11.8 Å². The number of nitrogens with zero attached hydrogens (tertiary/aromatic N) is 3. The summed E-state index contributed by atoms with van der Waals surface area (Å²) < 4.78 is 43.6. The van der Waals surface area contributed by atoms with E-state index in [2.05, 4.69) is 4.90 Å². The Hall–Kier alpha value is -2.13. The maximum Gasteiger partial charge on any atom is 0.416 e. The Morgan fingerprint density at radius 2 is 1.42 bits per heavy atom. The summed E-state index contributed by atoms with van der Waals surface area (Å²) in [5.41, 5.74) is -0.521. The van der Waals surface area contributed by atoms with Crippen molar-refractivity contribution in [1.29, 1.82) is 0 Å². The Labute approximate surface area is 192 Å². The number of halogens is 3. The molecule has 182 valence electrons. The van der Waals surface area contributed by atoms with Gasteiger partial charge in [-0.2, -0.15) is 13.2 Å². The number of hydrogen-bond donors (Lipinski definition) is 0. The molecule has 3 aliphatic heterocycles. The Kier molecular flexibility index (Phi) is 7.58. The SMILES string of the molecule is O=C(c1ccc(C(F)(F)F)cc1)N1CCC(C(=O)N2CCC(CN3CCOCC3)CC2)CC1. The zero-order chi connectivity index (χ0) is 23.4. The number of morpholine rings is 1. The lowest BCUT2D eigenvalue weighted by Crippen LogP contribution is -2.48. The molecule has 0 N–H and O–H groups in total. The molecule has 9 heteroatoms. The van der Waals surface area contributed by atoms with Crippen molar-refractivity contribution in [1.82, 2.24) is 14.7 Å².